The molecule has 2 N–H and O–H groups in total. The predicted octanol–water partition coefficient (Wildman–Crippen LogP) is 3.16. The van der Waals surface area contributed by atoms with Gasteiger partial charge in [-0.15, -0.1) is 0 Å². The molecule has 3 rings (SSSR count). The summed E-state index contributed by atoms with van der Waals surface area (Å²) in [5.41, 5.74) is 0.721. The average molecular weight is 356 g/mol. The van der Waals surface area contributed by atoms with Crippen molar-refractivity contribution in [3.63, 3.8) is 0 Å². The Balaban J connectivity index is 1.44. The number of halogens is 3. The number of carbonyl (C=O) groups excluding carboxylic acids is 1. The highest BCUT2D eigenvalue weighted by Gasteiger charge is 2.34. The van der Waals surface area contributed by atoms with E-state index < -0.39 is 12.8 Å². The van der Waals surface area contributed by atoms with Gasteiger partial charge in [-0.3, -0.25) is 4.79 Å². The summed E-state index contributed by atoms with van der Waals surface area (Å²) in [6.45, 7) is -1.03. The molecule has 1 aromatic carbocycles. The number of hydrogen-bond acceptors (Lipinski definition) is 3. The lowest BCUT2D eigenvalue weighted by molar-refractivity contribution is -0.153. The summed E-state index contributed by atoms with van der Waals surface area (Å²) in [5, 5.41) is 6.41. The van der Waals surface area contributed by atoms with Crippen molar-refractivity contribution >= 4 is 5.91 Å². The monoisotopic (exact) mass is 356 g/mol. The van der Waals surface area contributed by atoms with Gasteiger partial charge >= 0.3 is 6.18 Å². The van der Waals surface area contributed by atoms with Gasteiger partial charge in [-0.1, -0.05) is 12.1 Å². The smallest absolute Gasteiger partial charge is 0.422 e. The summed E-state index contributed by atoms with van der Waals surface area (Å²) in [5.74, 6) is 0.562. The quantitative estimate of drug-likeness (QED) is 0.823. The minimum atomic E-state index is -4.36. The number of benzene rings is 1. The van der Waals surface area contributed by atoms with Crippen molar-refractivity contribution in [2.45, 2.75) is 56.9 Å². The second-order valence-corrected chi connectivity index (χ2v) is 7.01. The molecule has 1 amide bonds. The third kappa shape index (κ3) is 5.63. The number of piperidine rings is 1. The van der Waals surface area contributed by atoms with E-state index in [1.54, 1.807) is 12.1 Å². The Kier molecular flexibility index (Phi) is 5.51. The van der Waals surface area contributed by atoms with Crippen molar-refractivity contribution in [1.29, 1.82) is 0 Å². The second-order valence-electron chi connectivity index (χ2n) is 7.01. The molecular weight excluding hydrogens is 333 g/mol. The molecule has 2 saturated heterocycles. The molecule has 0 radical (unpaired) electrons. The SMILES string of the molecule is O=C(CC1CC2CCC(C1)N2)NCc1cccc(OCC(F)(F)F)c1. The Morgan fingerprint density at radius 3 is 2.64 bits per heavy atom. The number of hydrogen-bond donors (Lipinski definition) is 2. The maximum Gasteiger partial charge on any atom is 0.422 e. The molecule has 4 nitrogen and oxygen atoms in total. The number of alkyl halides is 3. The van der Waals surface area contributed by atoms with Crippen molar-refractivity contribution in [2.75, 3.05) is 6.61 Å². The van der Waals surface area contributed by atoms with Crippen LogP contribution in [0.5, 0.6) is 5.75 Å². The van der Waals surface area contributed by atoms with Crippen LogP contribution in [0.3, 0.4) is 0 Å². The zero-order valence-electron chi connectivity index (χ0n) is 13.9. The van der Waals surface area contributed by atoms with E-state index in [-0.39, 0.29) is 11.7 Å². The van der Waals surface area contributed by atoms with Crippen LogP contribution in [0, 0.1) is 5.92 Å². The highest BCUT2D eigenvalue weighted by molar-refractivity contribution is 5.76. The molecule has 0 saturated carbocycles. The van der Waals surface area contributed by atoms with Crippen LogP contribution < -0.4 is 15.4 Å². The fraction of sp³-hybridized carbons (Fsp3) is 0.611. The number of amides is 1. The Bertz CT molecular complexity index is 594. The predicted molar refractivity (Wildman–Crippen MR) is 87.1 cm³/mol. The highest BCUT2D eigenvalue weighted by Crippen LogP contribution is 2.32. The molecule has 2 aliphatic heterocycles. The lowest BCUT2D eigenvalue weighted by atomic mass is 9.89. The average Bonchev–Trinajstić information content (AvgIpc) is 2.89. The Morgan fingerprint density at radius 1 is 1.24 bits per heavy atom. The van der Waals surface area contributed by atoms with E-state index in [0.717, 1.165) is 18.4 Å². The van der Waals surface area contributed by atoms with E-state index in [0.29, 0.717) is 31.0 Å². The zero-order valence-corrected chi connectivity index (χ0v) is 13.9. The van der Waals surface area contributed by atoms with Crippen molar-refractivity contribution in [1.82, 2.24) is 10.6 Å². The largest absolute Gasteiger partial charge is 0.484 e. The van der Waals surface area contributed by atoms with Crippen LogP contribution in [0.2, 0.25) is 0 Å². The van der Waals surface area contributed by atoms with Gasteiger partial charge in [-0.2, -0.15) is 13.2 Å². The standard InChI is InChI=1S/C18H23F3N2O2/c19-18(20,21)11-25-16-3-1-2-12(8-16)10-22-17(24)9-13-6-14-4-5-15(7-13)23-14/h1-3,8,13-15,23H,4-7,9-11H2,(H,22,24). The van der Waals surface area contributed by atoms with E-state index in [1.165, 1.54) is 25.0 Å². The molecule has 2 heterocycles. The first kappa shape index (κ1) is 18.0. The van der Waals surface area contributed by atoms with Gasteiger partial charge in [0.25, 0.3) is 0 Å². The maximum absolute atomic E-state index is 12.2. The molecule has 2 unspecified atom stereocenters. The van der Waals surface area contributed by atoms with Gasteiger partial charge in [0.1, 0.15) is 5.75 Å². The first-order valence-electron chi connectivity index (χ1n) is 8.68. The number of carbonyl (C=O) groups is 1. The van der Waals surface area contributed by atoms with E-state index in [2.05, 4.69) is 10.6 Å². The van der Waals surface area contributed by atoms with Crippen LogP contribution in [0.15, 0.2) is 24.3 Å². The Labute approximate surface area is 145 Å². The highest BCUT2D eigenvalue weighted by atomic mass is 19.4. The topological polar surface area (TPSA) is 50.4 Å². The molecule has 0 spiro atoms. The lowest BCUT2D eigenvalue weighted by Crippen LogP contribution is -2.39. The number of rotatable bonds is 6. The summed E-state index contributed by atoms with van der Waals surface area (Å²) in [6.07, 6.45) is 0.647. The molecule has 0 aliphatic carbocycles. The van der Waals surface area contributed by atoms with Crippen molar-refractivity contribution < 1.29 is 22.7 Å². The van der Waals surface area contributed by atoms with Crippen LogP contribution >= 0.6 is 0 Å². The number of nitrogens with one attached hydrogen (secondary N) is 2. The van der Waals surface area contributed by atoms with Crippen LogP contribution in [0.4, 0.5) is 13.2 Å². The molecule has 2 atom stereocenters. The lowest BCUT2D eigenvalue weighted by Gasteiger charge is -2.28. The third-order valence-electron chi connectivity index (χ3n) is 4.84. The van der Waals surface area contributed by atoms with Gasteiger partial charge < -0.3 is 15.4 Å². The minimum Gasteiger partial charge on any atom is -0.484 e. The molecule has 2 fully saturated rings. The van der Waals surface area contributed by atoms with Crippen LogP contribution in [0.25, 0.3) is 0 Å². The van der Waals surface area contributed by atoms with Gasteiger partial charge in [0.2, 0.25) is 5.91 Å². The summed E-state index contributed by atoms with van der Waals surface area (Å²) in [7, 11) is 0. The van der Waals surface area contributed by atoms with Gasteiger partial charge in [0.05, 0.1) is 0 Å². The fourth-order valence-corrected chi connectivity index (χ4v) is 3.79. The van der Waals surface area contributed by atoms with Gasteiger partial charge in [0.15, 0.2) is 6.61 Å². The molecule has 0 aromatic heterocycles. The number of ether oxygens (including phenoxy) is 1. The van der Waals surface area contributed by atoms with Crippen molar-refractivity contribution in [3.05, 3.63) is 29.8 Å². The van der Waals surface area contributed by atoms with Crippen LogP contribution in [-0.2, 0) is 11.3 Å². The molecule has 138 valence electrons. The first-order valence-corrected chi connectivity index (χ1v) is 8.68. The first-order chi connectivity index (χ1) is 11.9. The second kappa shape index (κ2) is 7.64. The molecule has 2 aliphatic rings. The Hall–Kier alpha value is -1.76. The van der Waals surface area contributed by atoms with Gasteiger partial charge in [-0.05, 0) is 49.3 Å². The van der Waals surface area contributed by atoms with Crippen molar-refractivity contribution in [2.24, 2.45) is 5.92 Å². The third-order valence-corrected chi connectivity index (χ3v) is 4.84. The van der Waals surface area contributed by atoms with E-state index in [9.17, 15) is 18.0 Å². The normalized spacial score (nSPS) is 25.6. The molecule has 2 bridgehead atoms. The summed E-state index contributed by atoms with van der Waals surface area (Å²) >= 11 is 0. The Morgan fingerprint density at radius 2 is 1.96 bits per heavy atom. The van der Waals surface area contributed by atoms with Gasteiger partial charge in [-0.25, -0.2) is 0 Å². The fourth-order valence-electron chi connectivity index (χ4n) is 3.79. The zero-order chi connectivity index (χ0) is 17.9. The van der Waals surface area contributed by atoms with Crippen LogP contribution in [-0.4, -0.2) is 30.8 Å². The van der Waals surface area contributed by atoms with Crippen LogP contribution in [0.1, 0.15) is 37.7 Å². The van der Waals surface area contributed by atoms with E-state index in [4.69, 9.17) is 4.74 Å². The molecular formula is C18H23F3N2O2. The van der Waals surface area contributed by atoms with E-state index >= 15 is 0 Å². The maximum atomic E-state index is 12.2. The van der Waals surface area contributed by atoms with Crippen molar-refractivity contribution in [3.8, 4) is 5.75 Å². The summed E-state index contributed by atoms with van der Waals surface area (Å²) in [4.78, 5) is 12.1. The number of fused-ring (bicyclic) bond motifs is 2. The molecule has 7 heteroatoms. The molecule has 1 aromatic rings. The van der Waals surface area contributed by atoms with Gasteiger partial charge in [0, 0.05) is 25.0 Å². The molecule has 25 heavy (non-hydrogen) atoms. The van der Waals surface area contributed by atoms with E-state index in [1.807, 2.05) is 0 Å². The summed E-state index contributed by atoms with van der Waals surface area (Å²) < 4.78 is 41.3. The summed E-state index contributed by atoms with van der Waals surface area (Å²) in [6, 6.07) is 7.49. The minimum absolute atomic E-state index is 0.00656.